The van der Waals surface area contributed by atoms with Crippen LogP contribution in [0, 0.1) is 6.92 Å². The van der Waals surface area contributed by atoms with E-state index in [-0.39, 0.29) is 12.4 Å². The molecule has 0 aliphatic heterocycles. The van der Waals surface area contributed by atoms with Gasteiger partial charge in [0.05, 0.1) is 12.7 Å². The molecular formula is C30H24O4. The number of rotatable bonds is 6. The minimum Gasteiger partial charge on any atom is -0.489 e. The fourth-order valence-electron chi connectivity index (χ4n) is 4.94. The molecule has 0 bridgehead atoms. The van der Waals surface area contributed by atoms with Crippen LogP contribution in [0.15, 0.2) is 77.4 Å². The van der Waals surface area contributed by atoms with E-state index >= 15 is 0 Å². The van der Waals surface area contributed by atoms with Crippen molar-refractivity contribution in [3.63, 3.8) is 0 Å². The summed E-state index contributed by atoms with van der Waals surface area (Å²) in [5.41, 5.74) is 8.68. The maximum atomic E-state index is 12.6. The molecule has 2 aliphatic rings. The molecule has 0 radical (unpaired) electrons. The van der Waals surface area contributed by atoms with Gasteiger partial charge >= 0.3 is 5.97 Å². The third-order valence-corrected chi connectivity index (χ3v) is 6.61. The maximum absolute atomic E-state index is 12.6. The van der Waals surface area contributed by atoms with E-state index in [9.17, 15) is 4.79 Å². The molecule has 3 aromatic carbocycles. The van der Waals surface area contributed by atoms with Crippen LogP contribution in [0.5, 0.6) is 11.5 Å². The Kier molecular flexibility index (Phi) is 5.06. The van der Waals surface area contributed by atoms with E-state index in [0.717, 1.165) is 57.4 Å². The second kappa shape index (κ2) is 8.38. The number of benzene rings is 3. The summed E-state index contributed by atoms with van der Waals surface area (Å²) in [6.45, 7) is 2.54. The van der Waals surface area contributed by atoms with Gasteiger partial charge in [-0.15, -0.1) is 0 Å². The summed E-state index contributed by atoms with van der Waals surface area (Å²) in [5, 5.41) is 0.988. The highest BCUT2D eigenvalue weighted by Gasteiger charge is 2.19. The number of fused-ring (bicyclic) bond motifs is 3. The Balaban J connectivity index is 1.12. The Morgan fingerprint density at radius 2 is 1.97 bits per heavy atom. The zero-order chi connectivity index (χ0) is 23.1. The van der Waals surface area contributed by atoms with Gasteiger partial charge in [0.15, 0.2) is 0 Å². The van der Waals surface area contributed by atoms with Crippen LogP contribution in [0.25, 0.3) is 22.6 Å². The first-order valence-electron chi connectivity index (χ1n) is 11.6. The molecule has 1 aromatic heterocycles. The third-order valence-electron chi connectivity index (χ3n) is 6.61. The molecule has 0 atom stereocenters. The number of ether oxygens (including phenoxy) is 2. The van der Waals surface area contributed by atoms with Crippen molar-refractivity contribution in [3.8, 4) is 11.5 Å². The van der Waals surface area contributed by atoms with E-state index in [1.807, 2.05) is 55.5 Å². The van der Waals surface area contributed by atoms with Gasteiger partial charge in [-0.1, -0.05) is 48.6 Å². The highest BCUT2D eigenvalue weighted by molar-refractivity contribution is 5.88. The molecular weight excluding hydrogens is 424 g/mol. The topological polar surface area (TPSA) is 48.7 Å². The highest BCUT2D eigenvalue weighted by Crippen LogP contribution is 2.33. The predicted octanol–water partition coefficient (Wildman–Crippen LogP) is 6.48. The average molecular weight is 449 g/mol. The van der Waals surface area contributed by atoms with E-state index in [1.54, 1.807) is 6.26 Å². The van der Waals surface area contributed by atoms with Gasteiger partial charge in [-0.2, -0.15) is 0 Å². The van der Waals surface area contributed by atoms with Gasteiger partial charge in [0.1, 0.15) is 23.7 Å². The van der Waals surface area contributed by atoms with Crippen molar-refractivity contribution in [1.82, 2.24) is 0 Å². The van der Waals surface area contributed by atoms with Gasteiger partial charge in [-0.25, -0.2) is 0 Å². The average Bonchev–Trinajstić information content (AvgIpc) is 3.56. The SMILES string of the molecule is Cc1cccc2occ(CC(=O)Oc3ccc4c(c3)CC=C4COc3cccc4c3CC=C4)c12. The number of hydrogen-bond acceptors (Lipinski definition) is 4. The van der Waals surface area contributed by atoms with E-state index in [0.29, 0.717) is 12.4 Å². The monoisotopic (exact) mass is 448 g/mol. The molecule has 0 spiro atoms. The number of allylic oxidation sites excluding steroid dienone is 2. The second-order valence-electron chi connectivity index (χ2n) is 8.83. The van der Waals surface area contributed by atoms with Crippen molar-refractivity contribution >= 4 is 28.6 Å². The van der Waals surface area contributed by atoms with Gasteiger partial charge in [-0.05, 0) is 71.9 Å². The molecule has 0 N–H and O–H groups in total. The van der Waals surface area contributed by atoms with Crippen LogP contribution in [-0.2, 0) is 24.1 Å². The van der Waals surface area contributed by atoms with Crippen LogP contribution in [0.4, 0.5) is 0 Å². The lowest BCUT2D eigenvalue weighted by atomic mass is 10.1. The Morgan fingerprint density at radius 3 is 2.91 bits per heavy atom. The van der Waals surface area contributed by atoms with Gasteiger partial charge in [0.25, 0.3) is 0 Å². The van der Waals surface area contributed by atoms with Crippen LogP contribution in [0.2, 0.25) is 0 Å². The Hall–Kier alpha value is -4.05. The van der Waals surface area contributed by atoms with Crippen molar-refractivity contribution in [3.05, 3.63) is 106 Å². The molecule has 2 aliphatic carbocycles. The number of furan rings is 1. The molecule has 0 saturated heterocycles. The smallest absolute Gasteiger partial charge is 0.315 e. The number of carbonyl (C=O) groups is 1. The van der Waals surface area contributed by atoms with Crippen LogP contribution in [0.3, 0.4) is 0 Å². The van der Waals surface area contributed by atoms with Crippen LogP contribution in [-0.4, -0.2) is 12.6 Å². The lowest BCUT2D eigenvalue weighted by Crippen LogP contribution is -2.11. The van der Waals surface area contributed by atoms with Crippen molar-refractivity contribution in [2.45, 2.75) is 26.2 Å². The summed E-state index contributed by atoms with van der Waals surface area (Å²) in [6.07, 6.45) is 10.0. The first kappa shape index (κ1) is 20.5. The number of esters is 1. The van der Waals surface area contributed by atoms with Crippen molar-refractivity contribution in [1.29, 1.82) is 0 Å². The molecule has 168 valence electrons. The largest absolute Gasteiger partial charge is 0.489 e. The molecule has 6 rings (SSSR count). The summed E-state index contributed by atoms with van der Waals surface area (Å²) in [6, 6.07) is 17.9. The molecule has 34 heavy (non-hydrogen) atoms. The van der Waals surface area contributed by atoms with E-state index in [2.05, 4.69) is 24.3 Å². The molecule has 0 saturated carbocycles. The maximum Gasteiger partial charge on any atom is 0.315 e. The summed E-state index contributed by atoms with van der Waals surface area (Å²) in [7, 11) is 0. The van der Waals surface area contributed by atoms with Gasteiger partial charge < -0.3 is 13.9 Å². The molecule has 0 unspecified atom stereocenters. The Labute approximate surface area is 198 Å². The second-order valence-corrected chi connectivity index (χ2v) is 8.83. The van der Waals surface area contributed by atoms with E-state index in [1.165, 1.54) is 11.1 Å². The highest BCUT2D eigenvalue weighted by atomic mass is 16.5. The zero-order valence-electron chi connectivity index (χ0n) is 19.0. The minimum absolute atomic E-state index is 0.169. The summed E-state index contributed by atoms with van der Waals surface area (Å²) < 4.78 is 17.5. The molecule has 4 aromatic rings. The van der Waals surface area contributed by atoms with Gasteiger partial charge in [0.2, 0.25) is 0 Å². The molecule has 4 heteroatoms. The summed E-state index contributed by atoms with van der Waals surface area (Å²) >= 11 is 0. The number of aryl methyl sites for hydroxylation is 1. The Morgan fingerprint density at radius 1 is 1.06 bits per heavy atom. The minimum atomic E-state index is -0.299. The standard InChI is InChI=1S/C30H24O4/c1-19-5-2-10-28-30(19)23(18-33-28)16-29(31)34-24-13-14-25-21(15-24)11-12-22(25)17-32-27-9-4-7-20-6-3-8-26(20)27/h2-7,9-10,12-15,18H,8,11,16-17H2,1H3. The molecule has 4 nitrogen and oxygen atoms in total. The number of hydrogen-bond donors (Lipinski definition) is 0. The van der Waals surface area contributed by atoms with Crippen molar-refractivity contribution in [2.75, 3.05) is 6.61 Å². The molecule has 1 heterocycles. The molecule has 0 amide bonds. The summed E-state index contributed by atoms with van der Waals surface area (Å²) in [4.78, 5) is 12.6. The lowest BCUT2D eigenvalue weighted by molar-refractivity contribution is -0.133. The van der Waals surface area contributed by atoms with Gasteiger partial charge in [0, 0.05) is 16.5 Å². The quantitative estimate of drug-likeness (QED) is 0.250. The lowest BCUT2D eigenvalue weighted by Gasteiger charge is -2.13. The first-order chi connectivity index (χ1) is 16.7. The normalized spacial score (nSPS) is 13.6. The fraction of sp³-hybridized carbons (Fsp3) is 0.167. The fourth-order valence-corrected chi connectivity index (χ4v) is 4.94. The van der Waals surface area contributed by atoms with E-state index < -0.39 is 0 Å². The van der Waals surface area contributed by atoms with E-state index in [4.69, 9.17) is 13.9 Å². The van der Waals surface area contributed by atoms with Gasteiger partial charge in [-0.3, -0.25) is 4.79 Å². The number of carbonyl (C=O) groups excluding carboxylic acids is 1. The van der Waals surface area contributed by atoms with Crippen molar-refractivity contribution < 1.29 is 18.7 Å². The van der Waals surface area contributed by atoms with Crippen LogP contribution in [0.1, 0.15) is 33.4 Å². The van der Waals surface area contributed by atoms with Crippen LogP contribution < -0.4 is 9.47 Å². The predicted molar refractivity (Wildman–Crippen MR) is 133 cm³/mol. The summed E-state index contributed by atoms with van der Waals surface area (Å²) in [5.74, 6) is 1.21. The zero-order valence-corrected chi connectivity index (χ0v) is 19.0. The van der Waals surface area contributed by atoms with Crippen molar-refractivity contribution in [2.24, 2.45) is 0 Å². The Bertz CT molecular complexity index is 1490. The molecule has 0 fully saturated rings. The third kappa shape index (κ3) is 3.71. The van der Waals surface area contributed by atoms with Crippen LogP contribution >= 0.6 is 0 Å². The first-order valence-corrected chi connectivity index (χ1v) is 11.6.